The van der Waals surface area contributed by atoms with Crippen molar-refractivity contribution in [1.29, 1.82) is 0 Å². The fourth-order valence-corrected chi connectivity index (χ4v) is 6.02. The summed E-state index contributed by atoms with van der Waals surface area (Å²) in [5, 5.41) is 3.33. The predicted octanol–water partition coefficient (Wildman–Crippen LogP) is 4.83. The highest BCUT2D eigenvalue weighted by molar-refractivity contribution is 6.30. The van der Waals surface area contributed by atoms with Crippen LogP contribution in [0.1, 0.15) is 57.9 Å². The van der Waals surface area contributed by atoms with Gasteiger partial charge < -0.3 is 19.0 Å². The van der Waals surface area contributed by atoms with Gasteiger partial charge in [-0.05, 0) is 43.2 Å². The average Bonchev–Trinajstić information content (AvgIpc) is 3.53. The number of anilines is 1. The summed E-state index contributed by atoms with van der Waals surface area (Å²) in [6.45, 7) is 7.49. The van der Waals surface area contributed by atoms with Crippen LogP contribution in [0, 0.1) is 11.8 Å². The third kappa shape index (κ3) is 4.92. The molecule has 1 aromatic carbocycles. The van der Waals surface area contributed by atoms with Crippen LogP contribution in [-0.2, 0) is 16.1 Å². The molecule has 38 heavy (non-hydrogen) atoms. The molecule has 3 fully saturated rings. The number of rotatable bonds is 6. The molecular weight excluding hydrogens is 506 g/mol. The molecule has 202 valence electrons. The molecule has 2 aliphatic heterocycles. The quantitative estimate of drug-likeness (QED) is 0.458. The Balaban J connectivity index is 1.54. The van der Waals surface area contributed by atoms with E-state index < -0.39 is 12.3 Å². The average molecular weight is 540 g/mol. The van der Waals surface area contributed by atoms with Crippen LogP contribution >= 0.6 is 11.6 Å². The lowest BCUT2D eigenvalue weighted by molar-refractivity contribution is 0.0916. The highest BCUT2D eigenvalue weighted by atomic mass is 35.5. The topological polar surface area (TPSA) is 106 Å². The summed E-state index contributed by atoms with van der Waals surface area (Å²) in [4.78, 5) is 34.0. The minimum atomic E-state index is -0.676. The zero-order chi connectivity index (χ0) is 26.2. The van der Waals surface area contributed by atoms with E-state index in [1.54, 1.807) is 0 Å². The van der Waals surface area contributed by atoms with Gasteiger partial charge in [-0.25, -0.2) is 14.8 Å². The van der Waals surface area contributed by atoms with E-state index in [-0.39, 0.29) is 6.04 Å². The number of carbonyl (C=O) groups excluding carboxylic acids is 1. The number of hydrogen-bond acceptors (Lipinski definition) is 8. The standard InChI is InChI=1S/C27H34ClN7O3/c1-3-20-15-37-12-11-34(20)26-31-23-22(35(26)14-17-9-7-16(2)8-10-17)21(18-5-4-6-19(28)13-18)29-24(30-23)25-32-27(36)38-33-25/h4-6,13,16-17,20,25,33H,3,7-12,14-15H2,1-2H3,(H,32,36)/t16?,17?,20-,25?/m1/s1. The lowest BCUT2D eigenvalue weighted by Crippen LogP contribution is -2.46. The van der Waals surface area contributed by atoms with Gasteiger partial charge in [-0.2, -0.15) is 4.98 Å². The molecule has 1 aliphatic carbocycles. The van der Waals surface area contributed by atoms with Crippen LogP contribution in [0.3, 0.4) is 0 Å². The van der Waals surface area contributed by atoms with Gasteiger partial charge in [0, 0.05) is 23.7 Å². The molecule has 2 atom stereocenters. The van der Waals surface area contributed by atoms with Gasteiger partial charge >= 0.3 is 6.09 Å². The van der Waals surface area contributed by atoms with E-state index in [1.807, 2.05) is 24.3 Å². The maximum absolute atomic E-state index is 11.8. The molecular formula is C27H34ClN7O3. The molecule has 1 saturated carbocycles. The van der Waals surface area contributed by atoms with E-state index in [4.69, 9.17) is 36.1 Å². The number of nitrogens with zero attached hydrogens (tertiary/aromatic N) is 5. The largest absolute Gasteiger partial charge is 0.427 e. The molecule has 0 spiro atoms. The van der Waals surface area contributed by atoms with Crippen LogP contribution in [0.25, 0.3) is 22.4 Å². The highest BCUT2D eigenvalue weighted by Crippen LogP contribution is 2.37. The highest BCUT2D eigenvalue weighted by Gasteiger charge is 2.33. The zero-order valence-corrected chi connectivity index (χ0v) is 22.6. The lowest BCUT2D eigenvalue weighted by atomic mass is 9.83. The number of amides is 1. The van der Waals surface area contributed by atoms with Crippen molar-refractivity contribution in [1.82, 2.24) is 30.3 Å². The Kier molecular flexibility index (Phi) is 7.11. The van der Waals surface area contributed by atoms with E-state index in [2.05, 4.69) is 34.1 Å². The molecule has 4 heterocycles. The van der Waals surface area contributed by atoms with Crippen molar-refractivity contribution in [3.63, 3.8) is 0 Å². The fraction of sp³-hybridized carbons (Fsp3) is 0.556. The number of imidazole rings is 1. The Bertz CT molecular complexity index is 1320. The van der Waals surface area contributed by atoms with Crippen molar-refractivity contribution in [3.05, 3.63) is 35.1 Å². The van der Waals surface area contributed by atoms with Gasteiger partial charge in [-0.15, -0.1) is 5.48 Å². The molecule has 3 aromatic rings. The summed E-state index contributed by atoms with van der Waals surface area (Å²) >= 11 is 6.43. The minimum Gasteiger partial charge on any atom is -0.377 e. The first-order valence-electron chi connectivity index (χ1n) is 13.6. The minimum absolute atomic E-state index is 0.233. The molecule has 10 nitrogen and oxygen atoms in total. The van der Waals surface area contributed by atoms with Gasteiger partial charge in [0.05, 0.1) is 19.3 Å². The molecule has 1 unspecified atom stereocenters. The van der Waals surface area contributed by atoms with Gasteiger partial charge in [0.2, 0.25) is 5.95 Å². The number of ether oxygens (including phenoxy) is 1. The summed E-state index contributed by atoms with van der Waals surface area (Å²) in [6.07, 6.45) is 4.60. The molecule has 1 amide bonds. The molecule has 0 radical (unpaired) electrons. The molecule has 2 aromatic heterocycles. The SMILES string of the molecule is CC[C@@H]1COCCN1c1nc2nc(C3NOC(=O)N3)nc(-c3cccc(Cl)c3)c2n1CC1CCC(C)CC1. The van der Waals surface area contributed by atoms with Gasteiger partial charge in [0.1, 0.15) is 11.2 Å². The predicted molar refractivity (Wildman–Crippen MR) is 145 cm³/mol. The first-order chi connectivity index (χ1) is 18.5. The van der Waals surface area contributed by atoms with Crippen LogP contribution in [-0.4, -0.2) is 51.4 Å². The van der Waals surface area contributed by atoms with Crippen LogP contribution in [0.4, 0.5) is 10.7 Å². The van der Waals surface area contributed by atoms with Gasteiger partial charge in [-0.1, -0.05) is 50.4 Å². The second-order valence-corrected chi connectivity index (χ2v) is 11.1. The normalized spacial score (nSPS) is 26.0. The number of fused-ring (bicyclic) bond motifs is 1. The summed E-state index contributed by atoms with van der Waals surface area (Å²) in [5.41, 5.74) is 5.76. The summed E-state index contributed by atoms with van der Waals surface area (Å²) in [6, 6.07) is 7.91. The first-order valence-corrected chi connectivity index (χ1v) is 14.0. The Hall–Kier alpha value is -2.95. The van der Waals surface area contributed by atoms with Crippen molar-refractivity contribution in [3.8, 4) is 11.3 Å². The maximum atomic E-state index is 11.8. The number of morpholine rings is 1. The second kappa shape index (κ2) is 10.7. The van der Waals surface area contributed by atoms with Crippen molar-refractivity contribution < 1.29 is 14.4 Å². The molecule has 2 N–H and O–H groups in total. The molecule has 3 aliphatic rings. The Morgan fingerprint density at radius 1 is 1.16 bits per heavy atom. The number of aromatic nitrogens is 4. The Morgan fingerprint density at radius 3 is 2.74 bits per heavy atom. The number of benzene rings is 1. The van der Waals surface area contributed by atoms with E-state index in [1.165, 1.54) is 25.7 Å². The van der Waals surface area contributed by atoms with Gasteiger partial charge in [0.15, 0.2) is 17.6 Å². The first kappa shape index (κ1) is 25.3. The maximum Gasteiger partial charge on any atom is 0.427 e. The van der Waals surface area contributed by atoms with Gasteiger partial charge in [0.25, 0.3) is 0 Å². The summed E-state index contributed by atoms with van der Waals surface area (Å²) < 4.78 is 8.15. The zero-order valence-electron chi connectivity index (χ0n) is 21.8. The number of nitrogens with one attached hydrogen (secondary N) is 2. The van der Waals surface area contributed by atoms with Crippen LogP contribution < -0.4 is 15.7 Å². The van der Waals surface area contributed by atoms with Crippen molar-refractivity contribution in [2.75, 3.05) is 24.7 Å². The monoisotopic (exact) mass is 539 g/mol. The third-order valence-electron chi connectivity index (χ3n) is 8.02. The molecule has 2 saturated heterocycles. The number of halogens is 1. The second-order valence-electron chi connectivity index (χ2n) is 10.7. The van der Waals surface area contributed by atoms with Crippen LogP contribution in [0.5, 0.6) is 0 Å². The smallest absolute Gasteiger partial charge is 0.377 e. The van der Waals surface area contributed by atoms with E-state index in [0.29, 0.717) is 35.6 Å². The molecule has 0 bridgehead atoms. The van der Waals surface area contributed by atoms with Crippen molar-refractivity contribution in [2.24, 2.45) is 11.8 Å². The molecule has 6 rings (SSSR count). The summed E-state index contributed by atoms with van der Waals surface area (Å²) in [5.74, 6) is 2.62. The van der Waals surface area contributed by atoms with E-state index in [9.17, 15) is 4.79 Å². The number of hydrogen-bond donors (Lipinski definition) is 2. The number of hydroxylamine groups is 1. The van der Waals surface area contributed by atoms with Crippen molar-refractivity contribution >= 4 is 34.8 Å². The van der Waals surface area contributed by atoms with Crippen LogP contribution in [0.15, 0.2) is 24.3 Å². The fourth-order valence-electron chi connectivity index (χ4n) is 5.83. The Labute approximate surface area is 227 Å². The number of carbonyl (C=O) groups is 1. The Morgan fingerprint density at radius 2 is 2.00 bits per heavy atom. The van der Waals surface area contributed by atoms with Crippen LogP contribution in [0.2, 0.25) is 5.02 Å². The summed E-state index contributed by atoms with van der Waals surface area (Å²) in [7, 11) is 0. The van der Waals surface area contributed by atoms with Gasteiger partial charge in [-0.3, -0.25) is 5.32 Å². The molecule has 11 heteroatoms. The van der Waals surface area contributed by atoms with E-state index in [0.717, 1.165) is 48.2 Å². The van der Waals surface area contributed by atoms with E-state index >= 15 is 0 Å². The van der Waals surface area contributed by atoms with Crippen molar-refractivity contribution in [2.45, 2.75) is 64.7 Å². The third-order valence-corrected chi connectivity index (χ3v) is 8.26. The lowest BCUT2D eigenvalue weighted by Gasteiger charge is -2.37.